The summed E-state index contributed by atoms with van der Waals surface area (Å²) >= 11 is 0. The highest BCUT2D eigenvalue weighted by atomic mass is 15.2. The fraction of sp³-hybridized carbons (Fsp3) is 0.412. The van der Waals surface area contributed by atoms with Crippen molar-refractivity contribution in [2.75, 3.05) is 42.3 Å². The quantitative estimate of drug-likeness (QED) is 0.940. The third-order valence-corrected chi connectivity index (χ3v) is 4.14. The van der Waals surface area contributed by atoms with Crippen molar-refractivity contribution in [3.05, 3.63) is 42.9 Å². The lowest BCUT2D eigenvalue weighted by molar-refractivity contribution is 0.525. The molecule has 1 N–H and O–H groups in total. The van der Waals surface area contributed by atoms with Gasteiger partial charge in [0.15, 0.2) is 0 Å². The molecule has 0 unspecified atom stereocenters. The van der Waals surface area contributed by atoms with Crippen molar-refractivity contribution in [1.82, 2.24) is 9.97 Å². The lowest BCUT2D eigenvalue weighted by Gasteiger charge is -2.34. The fourth-order valence-electron chi connectivity index (χ4n) is 2.83. The molecule has 22 heavy (non-hydrogen) atoms. The monoisotopic (exact) mass is 297 g/mol. The number of nitrogens with zero attached hydrogens (tertiary/aromatic N) is 4. The van der Waals surface area contributed by atoms with Crippen LogP contribution in [0.2, 0.25) is 0 Å². The molecule has 0 amide bonds. The van der Waals surface area contributed by atoms with Crippen molar-refractivity contribution < 1.29 is 0 Å². The third-order valence-electron chi connectivity index (χ3n) is 4.14. The molecule has 1 aliphatic heterocycles. The average Bonchev–Trinajstić information content (AvgIpc) is 2.57. The summed E-state index contributed by atoms with van der Waals surface area (Å²) in [4.78, 5) is 13.0. The minimum atomic E-state index is 0.481. The third kappa shape index (κ3) is 3.47. The first-order chi connectivity index (χ1) is 10.7. The second-order valence-electron chi connectivity index (χ2n) is 5.91. The largest absolute Gasteiger partial charge is 0.378 e. The molecule has 5 nitrogen and oxygen atoms in total. The van der Waals surface area contributed by atoms with Gasteiger partial charge in [-0.2, -0.15) is 0 Å². The number of nitrogens with one attached hydrogen (secondary N) is 1. The maximum atomic E-state index is 4.28. The van der Waals surface area contributed by atoms with E-state index in [1.807, 2.05) is 0 Å². The summed E-state index contributed by atoms with van der Waals surface area (Å²) in [5.74, 6) is 0.872. The molecule has 5 heteroatoms. The summed E-state index contributed by atoms with van der Waals surface area (Å²) in [5.41, 5.74) is 2.55. The highest BCUT2D eigenvalue weighted by Crippen LogP contribution is 2.23. The minimum absolute atomic E-state index is 0.481. The Bertz CT molecular complexity index is 574. The highest BCUT2D eigenvalue weighted by molar-refractivity contribution is 5.56. The smallest absolute Gasteiger partial charge is 0.144 e. The first-order valence-electron chi connectivity index (χ1n) is 7.77. The average molecular weight is 297 g/mol. The van der Waals surface area contributed by atoms with Gasteiger partial charge in [0, 0.05) is 57.0 Å². The summed E-state index contributed by atoms with van der Waals surface area (Å²) in [6.07, 6.45) is 7.44. The minimum Gasteiger partial charge on any atom is -0.378 e. The van der Waals surface area contributed by atoms with Crippen LogP contribution in [0, 0.1) is 0 Å². The molecule has 0 saturated carbocycles. The van der Waals surface area contributed by atoms with Crippen molar-refractivity contribution in [2.24, 2.45) is 0 Å². The SMILES string of the molecule is CN(C)c1ccc(N2CCC(Nc3cnccn3)CC2)cc1. The Balaban J connectivity index is 1.55. The van der Waals surface area contributed by atoms with Crippen molar-refractivity contribution in [3.63, 3.8) is 0 Å². The van der Waals surface area contributed by atoms with E-state index in [9.17, 15) is 0 Å². The second kappa shape index (κ2) is 6.64. The van der Waals surface area contributed by atoms with Gasteiger partial charge in [-0.1, -0.05) is 0 Å². The van der Waals surface area contributed by atoms with E-state index in [2.05, 4.69) is 63.4 Å². The molecule has 0 bridgehead atoms. The standard InChI is InChI=1S/C17H23N5/c1-21(2)15-3-5-16(6-4-15)22-11-7-14(8-12-22)20-17-13-18-9-10-19-17/h3-6,9-10,13-14H,7-8,11-12H2,1-2H3,(H,19,20). The predicted octanol–water partition coefficient (Wildman–Crippen LogP) is 2.62. The van der Waals surface area contributed by atoms with Crippen molar-refractivity contribution in [2.45, 2.75) is 18.9 Å². The number of rotatable bonds is 4. The summed E-state index contributed by atoms with van der Waals surface area (Å²) in [7, 11) is 4.14. The lowest BCUT2D eigenvalue weighted by atomic mass is 10.0. The van der Waals surface area contributed by atoms with E-state index in [4.69, 9.17) is 0 Å². The molecule has 1 aliphatic rings. The van der Waals surface area contributed by atoms with Gasteiger partial charge in [-0.15, -0.1) is 0 Å². The van der Waals surface area contributed by atoms with Crippen LogP contribution < -0.4 is 15.1 Å². The molecule has 0 radical (unpaired) electrons. The van der Waals surface area contributed by atoms with Gasteiger partial charge in [0.05, 0.1) is 6.20 Å². The van der Waals surface area contributed by atoms with Gasteiger partial charge in [0.25, 0.3) is 0 Å². The van der Waals surface area contributed by atoms with Gasteiger partial charge in [0.2, 0.25) is 0 Å². The van der Waals surface area contributed by atoms with Gasteiger partial charge >= 0.3 is 0 Å². The molecule has 0 aliphatic carbocycles. The first-order valence-corrected chi connectivity index (χ1v) is 7.77. The number of hydrogen-bond donors (Lipinski definition) is 1. The van der Waals surface area contributed by atoms with Crippen LogP contribution in [-0.2, 0) is 0 Å². The summed E-state index contributed by atoms with van der Waals surface area (Å²) in [6.45, 7) is 2.14. The summed E-state index contributed by atoms with van der Waals surface area (Å²) in [6, 6.07) is 9.27. The van der Waals surface area contributed by atoms with Crippen LogP contribution in [0.3, 0.4) is 0 Å². The van der Waals surface area contributed by atoms with E-state index in [0.29, 0.717) is 6.04 Å². The number of hydrogen-bond acceptors (Lipinski definition) is 5. The van der Waals surface area contributed by atoms with Gasteiger partial charge < -0.3 is 15.1 Å². The van der Waals surface area contributed by atoms with Crippen LogP contribution in [0.1, 0.15) is 12.8 Å². The lowest BCUT2D eigenvalue weighted by Crippen LogP contribution is -2.39. The molecule has 3 rings (SSSR count). The zero-order valence-electron chi connectivity index (χ0n) is 13.2. The zero-order chi connectivity index (χ0) is 15.4. The Morgan fingerprint density at radius 2 is 1.82 bits per heavy atom. The maximum absolute atomic E-state index is 4.28. The van der Waals surface area contributed by atoms with Gasteiger partial charge in [0.1, 0.15) is 5.82 Å². The molecular weight excluding hydrogens is 274 g/mol. The van der Waals surface area contributed by atoms with E-state index < -0.39 is 0 Å². The van der Waals surface area contributed by atoms with Crippen LogP contribution in [0.5, 0.6) is 0 Å². The Hall–Kier alpha value is -2.30. The number of anilines is 3. The second-order valence-corrected chi connectivity index (χ2v) is 5.91. The summed E-state index contributed by atoms with van der Waals surface area (Å²) < 4.78 is 0. The first kappa shape index (κ1) is 14.6. The maximum Gasteiger partial charge on any atom is 0.144 e. The van der Waals surface area contributed by atoms with Gasteiger partial charge in [-0.05, 0) is 37.1 Å². The highest BCUT2D eigenvalue weighted by Gasteiger charge is 2.19. The molecule has 2 heterocycles. The number of aromatic nitrogens is 2. The number of benzene rings is 1. The molecule has 0 atom stereocenters. The van der Waals surface area contributed by atoms with Crippen LogP contribution >= 0.6 is 0 Å². The van der Waals surface area contributed by atoms with Crippen LogP contribution in [0.25, 0.3) is 0 Å². The van der Waals surface area contributed by atoms with E-state index in [1.165, 1.54) is 11.4 Å². The summed E-state index contributed by atoms with van der Waals surface area (Å²) in [5, 5.41) is 3.47. The predicted molar refractivity (Wildman–Crippen MR) is 91.7 cm³/mol. The van der Waals surface area contributed by atoms with Crippen molar-refractivity contribution in [1.29, 1.82) is 0 Å². The molecule has 1 aromatic carbocycles. The molecule has 2 aromatic rings. The number of piperidine rings is 1. The Morgan fingerprint density at radius 1 is 1.09 bits per heavy atom. The van der Waals surface area contributed by atoms with Crippen LogP contribution in [0.4, 0.5) is 17.2 Å². The van der Waals surface area contributed by atoms with Gasteiger partial charge in [-0.25, -0.2) is 4.98 Å². The van der Waals surface area contributed by atoms with E-state index in [1.54, 1.807) is 18.6 Å². The topological polar surface area (TPSA) is 44.3 Å². The van der Waals surface area contributed by atoms with Crippen molar-refractivity contribution >= 4 is 17.2 Å². The normalized spacial score (nSPS) is 15.6. The molecule has 0 spiro atoms. The molecule has 116 valence electrons. The molecule has 1 saturated heterocycles. The Kier molecular flexibility index (Phi) is 4.42. The van der Waals surface area contributed by atoms with Crippen LogP contribution in [0.15, 0.2) is 42.9 Å². The van der Waals surface area contributed by atoms with E-state index >= 15 is 0 Å². The molecular formula is C17H23N5. The van der Waals surface area contributed by atoms with Crippen LogP contribution in [-0.4, -0.2) is 43.2 Å². The van der Waals surface area contributed by atoms with E-state index in [-0.39, 0.29) is 0 Å². The molecule has 1 fully saturated rings. The zero-order valence-corrected chi connectivity index (χ0v) is 13.2. The Morgan fingerprint density at radius 3 is 2.41 bits per heavy atom. The fourth-order valence-corrected chi connectivity index (χ4v) is 2.83. The van der Waals surface area contributed by atoms with E-state index in [0.717, 1.165) is 31.7 Å². The van der Waals surface area contributed by atoms with Gasteiger partial charge in [-0.3, -0.25) is 4.98 Å². The van der Waals surface area contributed by atoms with Crippen molar-refractivity contribution in [3.8, 4) is 0 Å². The molecule has 1 aromatic heterocycles. The Labute approximate surface area is 132 Å².